The van der Waals surface area contributed by atoms with Crippen molar-refractivity contribution in [2.45, 2.75) is 11.8 Å². The number of nitrogens with zero attached hydrogens (tertiary/aromatic N) is 1. The molecule has 0 N–H and O–H groups in total. The summed E-state index contributed by atoms with van der Waals surface area (Å²) in [4.78, 5) is 5.42. The quantitative estimate of drug-likeness (QED) is 0.769. The van der Waals surface area contributed by atoms with Gasteiger partial charge in [-0.2, -0.15) is 0 Å². The number of hydrogen-bond acceptors (Lipinski definition) is 3. The van der Waals surface area contributed by atoms with Gasteiger partial charge in [-0.25, -0.2) is 4.98 Å². The molecule has 0 unspecified atom stereocenters. The number of thioether (sulfide) groups is 1. The summed E-state index contributed by atoms with van der Waals surface area (Å²) in [6.45, 7) is 2.01. The average molecular weight is 310 g/mol. The van der Waals surface area contributed by atoms with E-state index in [4.69, 9.17) is 4.74 Å². The predicted molar refractivity (Wildman–Crippen MR) is 75.0 cm³/mol. The van der Waals surface area contributed by atoms with Crippen molar-refractivity contribution < 1.29 is 4.74 Å². The van der Waals surface area contributed by atoms with E-state index in [1.807, 2.05) is 37.3 Å². The largest absolute Gasteiger partial charge is 0.438 e. The molecule has 2 aromatic rings. The van der Waals surface area contributed by atoms with Gasteiger partial charge in [-0.15, -0.1) is 11.8 Å². The van der Waals surface area contributed by atoms with E-state index >= 15 is 0 Å². The number of aryl methyl sites for hydroxylation is 1. The molecule has 88 valence electrons. The van der Waals surface area contributed by atoms with E-state index in [-0.39, 0.29) is 0 Å². The number of hydrogen-bond donors (Lipinski definition) is 0. The Balaban J connectivity index is 2.22. The van der Waals surface area contributed by atoms with E-state index in [0.29, 0.717) is 5.88 Å². The molecule has 2 nitrogen and oxygen atoms in total. The fraction of sp³-hybridized carbons (Fsp3) is 0.154. The SMILES string of the molecule is CSc1ccc(Oc2nccc(C)c2Br)cc1. The van der Waals surface area contributed by atoms with Crippen LogP contribution in [-0.4, -0.2) is 11.2 Å². The first-order valence-electron chi connectivity index (χ1n) is 5.13. The molecule has 0 saturated heterocycles. The van der Waals surface area contributed by atoms with Crippen LogP contribution in [0.5, 0.6) is 11.6 Å². The summed E-state index contributed by atoms with van der Waals surface area (Å²) in [6.07, 6.45) is 3.79. The van der Waals surface area contributed by atoms with Crippen LogP contribution >= 0.6 is 27.7 Å². The summed E-state index contributed by atoms with van der Waals surface area (Å²) in [5.74, 6) is 1.39. The van der Waals surface area contributed by atoms with Crippen LogP contribution in [0.2, 0.25) is 0 Å². The van der Waals surface area contributed by atoms with Crippen molar-refractivity contribution in [3.63, 3.8) is 0 Å². The lowest BCUT2D eigenvalue weighted by Crippen LogP contribution is -1.90. The van der Waals surface area contributed by atoms with Gasteiger partial charge in [0.1, 0.15) is 5.75 Å². The van der Waals surface area contributed by atoms with Crippen molar-refractivity contribution in [2.24, 2.45) is 0 Å². The van der Waals surface area contributed by atoms with Crippen molar-refractivity contribution in [2.75, 3.05) is 6.26 Å². The Morgan fingerprint density at radius 2 is 1.88 bits per heavy atom. The van der Waals surface area contributed by atoms with Crippen molar-refractivity contribution in [3.05, 3.63) is 46.6 Å². The second kappa shape index (κ2) is 5.56. The first-order valence-corrected chi connectivity index (χ1v) is 7.15. The number of aromatic nitrogens is 1. The maximum absolute atomic E-state index is 5.72. The molecule has 1 aromatic carbocycles. The Morgan fingerprint density at radius 3 is 2.53 bits per heavy atom. The molecule has 0 atom stereocenters. The minimum atomic E-state index is 0.599. The van der Waals surface area contributed by atoms with Gasteiger partial charge in [0, 0.05) is 11.1 Å². The van der Waals surface area contributed by atoms with E-state index in [9.17, 15) is 0 Å². The summed E-state index contributed by atoms with van der Waals surface area (Å²) in [7, 11) is 0. The van der Waals surface area contributed by atoms with Crippen LogP contribution in [0, 0.1) is 6.92 Å². The summed E-state index contributed by atoms with van der Waals surface area (Å²) >= 11 is 5.18. The highest BCUT2D eigenvalue weighted by Crippen LogP contribution is 2.30. The summed E-state index contributed by atoms with van der Waals surface area (Å²) in [6, 6.07) is 9.89. The second-order valence-electron chi connectivity index (χ2n) is 3.52. The predicted octanol–water partition coefficient (Wildman–Crippen LogP) is 4.67. The van der Waals surface area contributed by atoms with Crippen LogP contribution in [-0.2, 0) is 0 Å². The Bertz CT molecular complexity index is 513. The van der Waals surface area contributed by atoms with E-state index < -0.39 is 0 Å². The minimum Gasteiger partial charge on any atom is -0.438 e. The molecular weight excluding hydrogens is 298 g/mol. The van der Waals surface area contributed by atoms with Gasteiger partial charge in [-0.3, -0.25) is 0 Å². The lowest BCUT2D eigenvalue weighted by atomic mass is 10.3. The van der Waals surface area contributed by atoms with E-state index in [1.165, 1.54) is 4.90 Å². The Hall–Kier alpha value is -1.000. The van der Waals surface area contributed by atoms with Crippen molar-refractivity contribution in [1.82, 2.24) is 4.98 Å². The summed E-state index contributed by atoms with van der Waals surface area (Å²) in [5.41, 5.74) is 1.11. The fourth-order valence-electron chi connectivity index (χ4n) is 1.34. The number of halogens is 1. The highest BCUT2D eigenvalue weighted by atomic mass is 79.9. The van der Waals surface area contributed by atoms with Crippen LogP contribution < -0.4 is 4.74 Å². The molecule has 4 heteroatoms. The van der Waals surface area contributed by atoms with Crippen LogP contribution in [0.3, 0.4) is 0 Å². The van der Waals surface area contributed by atoms with Gasteiger partial charge in [0.2, 0.25) is 5.88 Å². The number of benzene rings is 1. The highest BCUT2D eigenvalue weighted by molar-refractivity contribution is 9.10. The molecule has 17 heavy (non-hydrogen) atoms. The van der Waals surface area contributed by atoms with Crippen LogP contribution in [0.1, 0.15) is 5.56 Å². The second-order valence-corrected chi connectivity index (χ2v) is 5.20. The minimum absolute atomic E-state index is 0.599. The molecule has 0 fully saturated rings. The third-order valence-electron chi connectivity index (χ3n) is 2.32. The molecule has 1 heterocycles. The van der Waals surface area contributed by atoms with Gasteiger partial charge in [0.05, 0.1) is 4.47 Å². The molecule has 0 aliphatic carbocycles. The standard InChI is InChI=1S/C13H12BrNOS/c1-9-7-8-15-13(12(9)14)16-10-3-5-11(17-2)6-4-10/h3-8H,1-2H3. The molecule has 0 saturated carbocycles. The van der Waals surface area contributed by atoms with Gasteiger partial charge >= 0.3 is 0 Å². The maximum atomic E-state index is 5.72. The van der Waals surface area contributed by atoms with Crippen molar-refractivity contribution in [1.29, 1.82) is 0 Å². The zero-order valence-electron chi connectivity index (χ0n) is 9.61. The smallest absolute Gasteiger partial charge is 0.233 e. The molecule has 2 rings (SSSR count). The summed E-state index contributed by atoms with van der Waals surface area (Å²) in [5, 5.41) is 0. The zero-order valence-corrected chi connectivity index (χ0v) is 12.0. The van der Waals surface area contributed by atoms with E-state index in [2.05, 4.69) is 27.2 Å². The normalized spacial score (nSPS) is 10.3. The van der Waals surface area contributed by atoms with Gasteiger partial charge < -0.3 is 4.74 Å². The zero-order chi connectivity index (χ0) is 12.3. The first kappa shape index (κ1) is 12.5. The van der Waals surface area contributed by atoms with Crippen LogP contribution in [0.4, 0.5) is 0 Å². The molecule has 0 aliphatic heterocycles. The third-order valence-corrected chi connectivity index (χ3v) is 4.03. The highest BCUT2D eigenvalue weighted by Gasteiger charge is 2.06. The van der Waals surface area contributed by atoms with Crippen molar-refractivity contribution in [3.8, 4) is 11.6 Å². The van der Waals surface area contributed by atoms with Crippen molar-refractivity contribution >= 4 is 27.7 Å². The molecule has 0 radical (unpaired) electrons. The lowest BCUT2D eigenvalue weighted by molar-refractivity contribution is 0.458. The third kappa shape index (κ3) is 3.01. The van der Waals surface area contributed by atoms with Gasteiger partial charge in [0.25, 0.3) is 0 Å². The molecule has 1 aromatic heterocycles. The molecule has 0 spiro atoms. The number of ether oxygens (including phenoxy) is 1. The average Bonchev–Trinajstić information content (AvgIpc) is 2.36. The van der Waals surface area contributed by atoms with E-state index in [1.54, 1.807) is 18.0 Å². The molecule has 0 bridgehead atoms. The molecular formula is C13H12BrNOS. The lowest BCUT2D eigenvalue weighted by Gasteiger charge is -2.08. The van der Waals surface area contributed by atoms with Gasteiger partial charge in [-0.1, -0.05) is 0 Å². The Kier molecular flexibility index (Phi) is 4.07. The Morgan fingerprint density at radius 1 is 1.18 bits per heavy atom. The topological polar surface area (TPSA) is 22.1 Å². The number of rotatable bonds is 3. The first-order chi connectivity index (χ1) is 8.20. The molecule has 0 amide bonds. The maximum Gasteiger partial charge on any atom is 0.233 e. The molecule has 0 aliphatic rings. The van der Waals surface area contributed by atoms with Gasteiger partial charge in [0.15, 0.2) is 0 Å². The van der Waals surface area contributed by atoms with Crippen LogP contribution in [0.15, 0.2) is 45.9 Å². The number of pyridine rings is 1. The summed E-state index contributed by atoms with van der Waals surface area (Å²) < 4.78 is 6.62. The fourth-order valence-corrected chi connectivity index (χ4v) is 2.07. The Labute approximate surface area is 114 Å². The van der Waals surface area contributed by atoms with E-state index in [0.717, 1.165) is 15.8 Å². The van der Waals surface area contributed by atoms with Gasteiger partial charge in [-0.05, 0) is 65.0 Å². The monoisotopic (exact) mass is 309 g/mol. The van der Waals surface area contributed by atoms with Crippen LogP contribution in [0.25, 0.3) is 0 Å².